The summed E-state index contributed by atoms with van der Waals surface area (Å²) in [6.07, 6.45) is 3.56. The summed E-state index contributed by atoms with van der Waals surface area (Å²) < 4.78 is 0. The average Bonchev–Trinajstić information content (AvgIpc) is 3.08. The van der Waals surface area contributed by atoms with Crippen LogP contribution >= 0.6 is 0 Å². The molecular weight excluding hydrogens is 214 g/mol. The summed E-state index contributed by atoms with van der Waals surface area (Å²) in [5.74, 6) is 0.276. The summed E-state index contributed by atoms with van der Waals surface area (Å²) in [5, 5.41) is 2.37. The van der Waals surface area contributed by atoms with E-state index in [9.17, 15) is 9.59 Å². The summed E-state index contributed by atoms with van der Waals surface area (Å²) >= 11 is 0. The van der Waals surface area contributed by atoms with Crippen LogP contribution in [0, 0.1) is 5.92 Å². The van der Waals surface area contributed by atoms with Gasteiger partial charge < -0.3 is 0 Å². The Morgan fingerprint density at radius 1 is 1.18 bits per heavy atom. The highest BCUT2D eigenvalue weighted by atomic mass is 16.2. The van der Waals surface area contributed by atoms with Crippen molar-refractivity contribution < 1.29 is 9.59 Å². The zero-order valence-corrected chi connectivity index (χ0v) is 9.61. The zero-order valence-electron chi connectivity index (χ0n) is 9.61. The van der Waals surface area contributed by atoms with E-state index in [1.54, 1.807) is 0 Å². The smallest absolute Gasteiger partial charge is 0.230 e. The van der Waals surface area contributed by atoms with Crippen LogP contribution < -0.4 is 5.32 Å². The number of imide groups is 1. The third kappa shape index (κ3) is 2.09. The van der Waals surface area contributed by atoms with Gasteiger partial charge in [0.2, 0.25) is 11.8 Å². The monoisotopic (exact) mass is 229 g/mol. The summed E-state index contributed by atoms with van der Waals surface area (Å²) in [7, 11) is 0. The van der Waals surface area contributed by atoms with Crippen molar-refractivity contribution in [1.29, 1.82) is 0 Å². The number of benzene rings is 1. The first-order valence-electron chi connectivity index (χ1n) is 6.15. The van der Waals surface area contributed by atoms with E-state index in [0.29, 0.717) is 18.8 Å². The molecule has 1 heterocycles. The summed E-state index contributed by atoms with van der Waals surface area (Å²) in [6, 6.07) is 8.30. The first kappa shape index (κ1) is 10.5. The highest BCUT2D eigenvalue weighted by Gasteiger charge is 2.32. The van der Waals surface area contributed by atoms with Crippen LogP contribution in [0.2, 0.25) is 0 Å². The Bertz CT molecular complexity index is 477. The third-order valence-corrected chi connectivity index (χ3v) is 3.60. The maximum absolute atomic E-state index is 11.6. The SMILES string of the molecule is O=C1CC(Cc2ccccc2C2CC2)C(=O)N1. The molecule has 1 aromatic carbocycles. The van der Waals surface area contributed by atoms with Gasteiger partial charge in [0, 0.05) is 6.42 Å². The number of amides is 2. The van der Waals surface area contributed by atoms with Crippen molar-refractivity contribution in [2.24, 2.45) is 5.92 Å². The highest BCUT2D eigenvalue weighted by Crippen LogP contribution is 2.42. The number of nitrogens with one attached hydrogen (secondary N) is 1. The molecule has 2 aliphatic rings. The minimum Gasteiger partial charge on any atom is -0.296 e. The van der Waals surface area contributed by atoms with Crippen LogP contribution in [0.3, 0.4) is 0 Å². The lowest BCUT2D eigenvalue weighted by molar-refractivity contribution is -0.125. The number of hydrogen-bond donors (Lipinski definition) is 1. The molecule has 1 saturated heterocycles. The van der Waals surface area contributed by atoms with Crippen molar-refractivity contribution in [3.63, 3.8) is 0 Å². The predicted molar refractivity (Wildman–Crippen MR) is 63.4 cm³/mol. The molecule has 0 spiro atoms. The maximum atomic E-state index is 11.6. The quantitative estimate of drug-likeness (QED) is 0.803. The highest BCUT2D eigenvalue weighted by molar-refractivity contribution is 6.03. The van der Waals surface area contributed by atoms with Crippen LogP contribution in [0.25, 0.3) is 0 Å². The number of carbonyl (C=O) groups excluding carboxylic acids is 2. The van der Waals surface area contributed by atoms with Crippen molar-refractivity contribution in [3.05, 3.63) is 35.4 Å². The second-order valence-corrected chi connectivity index (χ2v) is 4.99. The first-order valence-corrected chi connectivity index (χ1v) is 6.15. The average molecular weight is 229 g/mol. The molecule has 1 unspecified atom stereocenters. The summed E-state index contributed by atoms with van der Waals surface area (Å²) in [5.41, 5.74) is 2.62. The fourth-order valence-electron chi connectivity index (χ4n) is 2.55. The fraction of sp³-hybridized carbons (Fsp3) is 0.429. The number of carbonyl (C=O) groups is 2. The molecule has 3 heteroatoms. The third-order valence-electron chi connectivity index (χ3n) is 3.60. The molecule has 2 amide bonds. The topological polar surface area (TPSA) is 46.2 Å². The van der Waals surface area contributed by atoms with Crippen molar-refractivity contribution in [2.75, 3.05) is 0 Å². The minimum absolute atomic E-state index is 0.111. The largest absolute Gasteiger partial charge is 0.296 e. The number of rotatable bonds is 3. The lowest BCUT2D eigenvalue weighted by Gasteiger charge is -2.11. The molecule has 3 nitrogen and oxygen atoms in total. The van der Waals surface area contributed by atoms with Crippen LogP contribution in [-0.4, -0.2) is 11.8 Å². The summed E-state index contributed by atoms with van der Waals surface area (Å²) in [6.45, 7) is 0. The van der Waals surface area contributed by atoms with Gasteiger partial charge in [-0.2, -0.15) is 0 Å². The molecule has 0 aromatic heterocycles. The molecule has 1 aliphatic heterocycles. The molecule has 1 N–H and O–H groups in total. The normalized spacial score (nSPS) is 23.9. The lowest BCUT2D eigenvalue weighted by Crippen LogP contribution is -2.23. The van der Waals surface area contributed by atoms with Crippen LogP contribution in [0.15, 0.2) is 24.3 Å². The zero-order chi connectivity index (χ0) is 11.8. The molecule has 3 rings (SSSR count). The van der Waals surface area contributed by atoms with Crippen molar-refractivity contribution in [1.82, 2.24) is 5.32 Å². The van der Waals surface area contributed by atoms with Crippen LogP contribution in [0.5, 0.6) is 0 Å². The van der Waals surface area contributed by atoms with E-state index in [2.05, 4.69) is 23.5 Å². The molecule has 1 aromatic rings. The molecular formula is C14H15NO2. The molecule has 0 radical (unpaired) electrons. The van der Waals surface area contributed by atoms with Gasteiger partial charge >= 0.3 is 0 Å². The Morgan fingerprint density at radius 3 is 2.59 bits per heavy atom. The molecule has 0 bridgehead atoms. The second kappa shape index (κ2) is 3.99. The van der Waals surface area contributed by atoms with Gasteiger partial charge in [0.25, 0.3) is 0 Å². The lowest BCUT2D eigenvalue weighted by atomic mass is 9.93. The Labute approximate surface area is 100 Å². The van der Waals surface area contributed by atoms with Gasteiger partial charge in [-0.15, -0.1) is 0 Å². The molecule has 1 atom stereocenters. The van der Waals surface area contributed by atoms with E-state index in [4.69, 9.17) is 0 Å². The molecule has 88 valence electrons. The van der Waals surface area contributed by atoms with Gasteiger partial charge in [-0.25, -0.2) is 0 Å². The van der Waals surface area contributed by atoms with E-state index in [1.165, 1.54) is 24.0 Å². The molecule has 1 aliphatic carbocycles. The first-order chi connectivity index (χ1) is 8.24. The fourth-order valence-corrected chi connectivity index (χ4v) is 2.55. The number of hydrogen-bond acceptors (Lipinski definition) is 2. The van der Waals surface area contributed by atoms with E-state index in [-0.39, 0.29) is 17.7 Å². The Hall–Kier alpha value is -1.64. The Kier molecular flexibility index (Phi) is 2.46. The van der Waals surface area contributed by atoms with Gasteiger partial charge in [-0.1, -0.05) is 24.3 Å². The molecule has 2 fully saturated rings. The van der Waals surface area contributed by atoms with Gasteiger partial charge in [0.15, 0.2) is 0 Å². The second-order valence-electron chi connectivity index (χ2n) is 4.99. The predicted octanol–water partition coefficient (Wildman–Crippen LogP) is 1.77. The van der Waals surface area contributed by atoms with Crippen LogP contribution in [-0.2, 0) is 16.0 Å². The maximum Gasteiger partial charge on any atom is 0.230 e. The Balaban J connectivity index is 1.80. The van der Waals surface area contributed by atoms with Crippen molar-refractivity contribution in [2.45, 2.75) is 31.6 Å². The van der Waals surface area contributed by atoms with E-state index >= 15 is 0 Å². The Morgan fingerprint density at radius 2 is 1.94 bits per heavy atom. The van der Waals surface area contributed by atoms with Gasteiger partial charge in [0.05, 0.1) is 5.92 Å². The van der Waals surface area contributed by atoms with Crippen molar-refractivity contribution >= 4 is 11.8 Å². The molecule has 1 saturated carbocycles. The minimum atomic E-state index is -0.164. The molecule has 17 heavy (non-hydrogen) atoms. The van der Waals surface area contributed by atoms with E-state index < -0.39 is 0 Å². The summed E-state index contributed by atoms with van der Waals surface area (Å²) in [4.78, 5) is 22.7. The van der Waals surface area contributed by atoms with Crippen LogP contribution in [0.4, 0.5) is 0 Å². The van der Waals surface area contributed by atoms with E-state index in [1.807, 2.05) is 6.07 Å². The van der Waals surface area contributed by atoms with Crippen LogP contribution in [0.1, 0.15) is 36.3 Å². The standard InChI is InChI=1S/C14H15NO2/c16-13-8-11(14(17)15-13)7-10-3-1-2-4-12(10)9-5-6-9/h1-4,9,11H,5-8H2,(H,15,16,17). The van der Waals surface area contributed by atoms with Gasteiger partial charge in [-0.05, 0) is 36.3 Å². The van der Waals surface area contributed by atoms with Crippen molar-refractivity contribution in [3.8, 4) is 0 Å². The van der Waals surface area contributed by atoms with Gasteiger partial charge in [-0.3, -0.25) is 14.9 Å². The van der Waals surface area contributed by atoms with Gasteiger partial charge in [0.1, 0.15) is 0 Å². The van der Waals surface area contributed by atoms with E-state index in [0.717, 1.165) is 0 Å².